The van der Waals surface area contributed by atoms with E-state index in [0.29, 0.717) is 0 Å². The average Bonchev–Trinajstić information content (AvgIpc) is 3.85. The molecule has 0 saturated carbocycles. The smallest absolute Gasteiger partial charge is 0.0462 e. The Hall–Kier alpha value is -6.26. The van der Waals surface area contributed by atoms with Crippen molar-refractivity contribution in [1.29, 1.82) is 0 Å². The fourth-order valence-corrected chi connectivity index (χ4v) is 9.71. The Labute approximate surface area is 317 Å². The molecule has 3 heteroatoms. The van der Waals surface area contributed by atoms with Crippen molar-refractivity contribution < 1.29 is 0 Å². The van der Waals surface area contributed by atoms with Crippen molar-refractivity contribution in [3.8, 4) is 43.8 Å². The number of thiophene rings is 2. The Morgan fingerprint density at radius 1 is 0.321 bits per heavy atom. The average molecular weight is 712 g/mol. The summed E-state index contributed by atoms with van der Waals surface area (Å²) in [5, 5.41) is 3.95. The lowest BCUT2D eigenvalue weighted by Crippen LogP contribution is -2.09. The van der Waals surface area contributed by atoms with Gasteiger partial charge in [-0.2, -0.15) is 0 Å². The van der Waals surface area contributed by atoms with Crippen LogP contribution in [0, 0.1) is 0 Å². The van der Waals surface area contributed by atoms with E-state index in [0.717, 1.165) is 17.1 Å². The maximum Gasteiger partial charge on any atom is 0.0462 e. The van der Waals surface area contributed by atoms with Crippen molar-refractivity contribution in [3.63, 3.8) is 0 Å². The zero-order valence-electron chi connectivity index (χ0n) is 28.8. The van der Waals surface area contributed by atoms with Crippen LogP contribution in [0.5, 0.6) is 0 Å². The Bertz CT molecular complexity index is 2810. The molecule has 8 aromatic carbocycles. The number of rotatable bonds is 7. The van der Waals surface area contributed by atoms with Gasteiger partial charge in [-0.25, -0.2) is 0 Å². The highest BCUT2D eigenvalue weighted by atomic mass is 32.1. The molecule has 0 amide bonds. The van der Waals surface area contributed by atoms with E-state index in [1.807, 2.05) is 22.7 Å². The summed E-state index contributed by atoms with van der Waals surface area (Å²) in [7, 11) is 0. The van der Waals surface area contributed by atoms with Gasteiger partial charge in [0, 0.05) is 46.8 Å². The second-order valence-corrected chi connectivity index (χ2v) is 15.5. The molecule has 0 bridgehead atoms. The Morgan fingerprint density at radius 2 is 0.811 bits per heavy atom. The monoisotopic (exact) mass is 711 g/mol. The molecular weight excluding hydrogens is 679 g/mol. The second-order valence-electron chi connectivity index (χ2n) is 13.3. The van der Waals surface area contributed by atoms with Crippen LogP contribution in [0.2, 0.25) is 0 Å². The number of nitrogens with zero attached hydrogens (tertiary/aromatic N) is 1. The summed E-state index contributed by atoms with van der Waals surface area (Å²) in [6, 6.07) is 72.8. The highest BCUT2D eigenvalue weighted by molar-refractivity contribution is 7.26. The van der Waals surface area contributed by atoms with Crippen LogP contribution in [0.15, 0.2) is 200 Å². The molecule has 53 heavy (non-hydrogen) atoms. The quantitative estimate of drug-likeness (QED) is 0.159. The van der Waals surface area contributed by atoms with Crippen LogP contribution in [0.25, 0.3) is 74.1 Å². The largest absolute Gasteiger partial charge is 0.311 e. The van der Waals surface area contributed by atoms with Gasteiger partial charge >= 0.3 is 0 Å². The van der Waals surface area contributed by atoms with Crippen LogP contribution in [0.4, 0.5) is 17.1 Å². The van der Waals surface area contributed by atoms with Gasteiger partial charge in [0.2, 0.25) is 0 Å². The molecule has 0 aliphatic rings. The van der Waals surface area contributed by atoms with Crippen molar-refractivity contribution in [2.75, 3.05) is 4.90 Å². The molecule has 0 atom stereocenters. The van der Waals surface area contributed by atoms with Gasteiger partial charge in [0.1, 0.15) is 0 Å². The van der Waals surface area contributed by atoms with E-state index in [4.69, 9.17) is 0 Å². The minimum absolute atomic E-state index is 1.11. The lowest BCUT2D eigenvalue weighted by atomic mass is 9.99. The van der Waals surface area contributed by atoms with Gasteiger partial charge in [0.05, 0.1) is 0 Å². The molecule has 2 heterocycles. The molecule has 0 saturated heterocycles. The van der Waals surface area contributed by atoms with Crippen LogP contribution in [0.3, 0.4) is 0 Å². The number of fused-ring (bicyclic) bond motifs is 4. The number of hydrogen-bond acceptors (Lipinski definition) is 3. The predicted octanol–water partition coefficient (Wildman–Crippen LogP) is 15.4. The van der Waals surface area contributed by atoms with Crippen LogP contribution in [0.1, 0.15) is 0 Å². The number of hydrogen-bond donors (Lipinski definition) is 0. The van der Waals surface area contributed by atoms with Crippen LogP contribution < -0.4 is 4.90 Å². The third kappa shape index (κ3) is 5.90. The second kappa shape index (κ2) is 13.4. The summed E-state index contributed by atoms with van der Waals surface area (Å²) in [5.41, 5.74) is 11.9. The summed E-state index contributed by atoms with van der Waals surface area (Å²) in [5.74, 6) is 0. The third-order valence-electron chi connectivity index (χ3n) is 10.1. The maximum atomic E-state index is 2.35. The first-order valence-corrected chi connectivity index (χ1v) is 19.5. The van der Waals surface area contributed by atoms with Crippen molar-refractivity contribution in [1.82, 2.24) is 0 Å². The van der Waals surface area contributed by atoms with Gasteiger partial charge in [0.25, 0.3) is 0 Å². The molecule has 0 fully saturated rings. The molecule has 0 N–H and O–H groups in total. The highest BCUT2D eigenvalue weighted by Gasteiger charge is 2.15. The van der Waals surface area contributed by atoms with Gasteiger partial charge < -0.3 is 4.90 Å². The van der Waals surface area contributed by atoms with Crippen LogP contribution >= 0.6 is 22.7 Å². The van der Waals surface area contributed by atoms with Gasteiger partial charge in [-0.05, 0) is 98.9 Å². The minimum atomic E-state index is 1.11. The van der Waals surface area contributed by atoms with Crippen LogP contribution in [-0.2, 0) is 0 Å². The van der Waals surface area contributed by atoms with E-state index >= 15 is 0 Å². The topological polar surface area (TPSA) is 3.24 Å². The predicted molar refractivity (Wildman–Crippen MR) is 231 cm³/mol. The first-order valence-electron chi connectivity index (χ1n) is 17.9. The van der Waals surface area contributed by atoms with Gasteiger partial charge in [-0.1, -0.05) is 146 Å². The first kappa shape index (κ1) is 31.5. The van der Waals surface area contributed by atoms with Gasteiger partial charge in [-0.15, -0.1) is 22.7 Å². The van der Waals surface area contributed by atoms with E-state index in [1.54, 1.807) is 0 Å². The molecule has 0 aliphatic heterocycles. The van der Waals surface area contributed by atoms with E-state index in [2.05, 4.69) is 205 Å². The molecule has 10 aromatic rings. The standard InChI is InChI=1S/C50H33NS2/c1-2-9-34(10-3-1)36-21-27-41(28-22-36)51(43-31-25-39(26-32-43)49-33-40-11-4-6-15-47(40)52-49)42-29-23-37(24-30-42)35-17-19-38(20-18-35)44-13-8-14-46-45-12-5-7-16-48(45)53-50(44)46/h1-33H. The summed E-state index contributed by atoms with van der Waals surface area (Å²) >= 11 is 3.72. The number of anilines is 3. The fraction of sp³-hybridized carbons (Fsp3) is 0. The van der Waals surface area contributed by atoms with Gasteiger partial charge in [0.15, 0.2) is 0 Å². The molecule has 0 radical (unpaired) electrons. The first-order chi connectivity index (χ1) is 26.2. The number of benzene rings is 8. The SMILES string of the molecule is c1ccc(-c2ccc(N(c3ccc(-c4ccc(-c5cccc6c5sc5ccccc56)cc4)cc3)c3ccc(-c4cc5ccccc5s4)cc3)cc2)cc1. The summed E-state index contributed by atoms with van der Waals surface area (Å²) in [4.78, 5) is 3.63. The zero-order chi connectivity index (χ0) is 35.1. The third-order valence-corrected chi connectivity index (χ3v) is 12.5. The summed E-state index contributed by atoms with van der Waals surface area (Å²) in [6.07, 6.45) is 0. The van der Waals surface area contributed by atoms with Gasteiger partial charge in [-0.3, -0.25) is 0 Å². The molecular formula is C50H33NS2. The van der Waals surface area contributed by atoms with Crippen molar-refractivity contribution in [3.05, 3.63) is 200 Å². The Kier molecular flexibility index (Phi) is 7.94. The molecule has 0 spiro atoms. The highest BCUT2D eigenvalue weighted by Crippen LogP contribution is 2.42. The Morgan fingerprint density at radius 3 is 1.45 bits per heavy atom. The maximum absolute atomic E-state index is 2.35. The fourth-order valence-electron chi connectivity index (χ4n) is 7.40. The van der Waals surface area contributed by atoms with E-state index < -0.39 is 0 Å². The lowest BCUT2D eigenvalue weighted by Gasteiger charge is -2.26. The van der Waals surface area contributed by atoms with Crippen molar-refractivity contribution in [2.45, 2.75) is 0 Å². The molecule has 0 unspecified atom stereocenters. The Balaban J connectivity index is 0.977. The molecule has 250 valence electrons. The molecule has 0 aliphatic carbocycles. The summed E-state index contributed by atoms with van der Waals surface area (Å²) in [6.45, 7) is 0. The van der Waals surface area contributed by atoms with Crippen molar-refractivity contribution in [2.24, 2.45) is 0 Å². The molecule has 1 nitrogen and oxygen atoms in total. The zero-order valence-corrected chi connectivity index (χ0v) is 30.4. The molecule has 2 aromatic heterocycles. The van der Waals surface area contributed by atoms with E-state index in [9.17, 15) is 0 Å². The lowest BCUT2D eigenvalue weighted by molar-refractivity contribution is 1.28. The summed E-state index contributed by atoms with van der Waals surface area (Å²) < 4.78 is 3.99. The molecule has 10 rings (SSSR count). The van der Waals surface area contributed by atoms with E-state index in [1.165, 1.54) is 74.1 Å². The van der Waals surface area contributed by atoms with Crippen molar-refractivity contribution >= 4 is 70.0 Å². The van der Waals surface area contributed by atoms with Crippen LogP contribution in [-0.4, -0.2) is 0 Å². The minimum Gasteiger partial charge on any atom is -0.311 e. The normalized spacial score (nSPS) is 11.4. The van der Waals surface area contributed by atoms with E-state index in [-0.39, 0.29) is 0 Å².